The summed E-state index contributed by atoms with van der Waals surface area (Å²) >= 11 is 1.33. The number of anilines is 1. The van der Waals surface area contributed by atoms with Gasteiger partial charge in [0.15, 0.2) is 6.61 Å². The van der Waals surface area contributed by atoms with Crippen LogP contribution in [-0.2, 0) is 4.79 Å². The van der Waals surface area contributed by atoms with Gasteiger partial charge in [-0.25, -0.2) is 0 Å². The monoisotopic (exact) mass is 361 g/mol. The number of hydrogen-bond donors (Lipinski definition) is 1. The van der Waals surface area contributed by atoms with Gasteiger partial charge in [-0.05, 0) is 22.9 Å². The van der Waals surface area contributed by atoms with Crippen molar-refractivity contribution < 1.29 is 9.53 Å². The lowest BCUT2D eigenvalue weighted by Gasteiger charge is -2.06. The molecule has 0 saturated carbocycles. The van der Waals surface area contributed by atoms with Crippen molar-refractivity contribution in [1.82, 2.24) is 10.2 Å². The molecule has 0 bridgehead atoms. The van der Waals surface area contributed by atoms with E-state index in [1.165, 1.54) is 11.3 Å². The van der Waals surface area contributed by atoms with Crippen LogP contribution in [0.3, 0.4) is 0 Å². The molecule has 0 aliphatic rings. The van der Waals surface area contributed by atoms with E-state index in [4.69, 9.17) is 4.74 Å². The molecular formula is C20H15N3O2S. The predicted octanol–water partition coefficient (Wildman–Crippen LogP) is 4.38. The van der Waals surface area contributed by atoms with Crippen LogP contribution in [0.2, 0.25) is 0 Å². The van der Waals surface area contributed by atoms with Gasteiger partial charge in [-0.15, -0.1) is 10.2 Å². The van der Waals surface area contributed by atoms with E-state index in [1.807, 2.05) is 72.8 Å². The summed E-state index contributed by atoms with van der Waals surface area (Å²) in [6.45, 7) is -0.0847. The van der Waals surface area contributed by atoms with Crippen LogP contribution in [0.1, 0.15) is 0 Å². The molecule has 0 radical (unpaired) electrons. The van der Waals surface area contributed by atoms with Gasteiger partial charge in [-0.3, -0.25) is 10.1 Å². The second-order valence-electron chi connectivity index (χ2n) is 5.62. The Kier molecular flexibility index (Phi) is 4.57. The minimum Gasteiger partial charge on any atom is -0.484 e. The van der Waals surface area contributed by atoms with Gasteiger partial charge in [0.05, 0.1) is 0 Å². The molecular weight excluding hydrogens is 346 g/mol. The van der Waals surface area contributed by atoms with E-state index in [2.05, 4.69) is 15.5 Å². The first-order chi connectivity index (χ1) is 12.8. The summed E-state index contributed by atoms with van der Waals surface area (Å²) in [7, 11) is 0. The van der Waals surface area contributed by atoms with Gasteiger partial charge in [-0.2, -0.15) is 0 Å². The topological polar surface area (TPSA) is 64.1 Å². The predicted molar refractivity (Wildman–Crippen MR) is 103 cm³/mol. The van der Waals surface area contributed by atoms with E-state index in [9.17, 15) is 4.79 Å². The normalized spacial score (nSPS) is 10.6. The average Bonchev–Trinajstić information content (AvgIpc) is 3.15. The summed E-state index contributed by atoms with van der Waals surface area (Å²) in [6, 6.07) is 23.5. The molecule has 6 heteroatoms. The highest BCUT2D eigenvalue weighted by Crippen LogP contribution is 2.26. The molecule has 0 unspecified atom stereocenters. The van der Waals surface area contributed by atoms with Crippen LogP contribution in [0.5, 0.6) is 5.75 Å². The SMILES string of the molecule is O=C(COc1ccc2ccccc2c1)Nc1nnc(-c2ccccc2)s1. The quantitative estimate of drug-likeness (QED) is 0.573. The zero-order valence-electron chi connectivity index (χ0n) is 13.8. The Morgan fingerprint density at radius 1 is 0.923 bits per heavy atom. The lowest BCUT2D eigenvalue weighted by Crippen LogP contribution is -2.20. The fraction of sp³-hybridized carbons (Fsp3) is 0.0500. The molecule has 3 aromatic carbocycles. The molecule has 0 fully saturated rings. The van der Waals surface area contributed by atoms with Crippen molar-refractivity contribution in [3.8, 4) is 16.3 Å². The summed E-state index contributed by atoms with van der Waals surface area (Å²) in [5, 5.41) is 14.3. The fourth-order valence-corrected chi connectivity index (χ4v) is 3.30. The minimum atomic E-state index is -0.270. The first-order valence-corrected chi connectivity index (χ1v) is 8.90. The third-order valence-electron chi connectivity index (χ3n) is 3.78. The summed E-state index contributed by atoms with van der Waals surface area (Å²) in [5.74, 6) is 0.384. The van der Waals surface area contributed by atoms with Crippen LogP contribution in [0.4, 0.5) is 5.13 Å². The Hall–Kier alpha value is -3.25. The maximum atomic E-state index is 12.1. The van der Waals surface area contributed by atoms with Gasteiger partial charge in [0.1, 0.15) is 10.8 Å². The van der Waals surface area contributed by atoms with Crippen molar-refractivity contribution in [2.24, 2.45) is 0 Å². The Morgan fingerprint density at radius 3 is 2.54 bits per heavy atom. The zero-order valence-corrected chi connectivity index (χ0v) is 14.6. The molecule has 1 aromatic heterocycles. The number of benzene rings is 3. The molecule has 0 aliphatic carbocycles. The number of nitrogens with zero attached hydrogens (tertiary/aromatic N) is 2. The van der Waals surface area contributed by atoms with E-state index in [0.29, 0.717) is 10.9 Å². The van der Waals surface area contributed by atoms with Gasteiger partial charge >= 0.3 is 0 Å². The Labute approximate surface area is 154 Å². The third-order valence-corrected chi connectivity index (χ3v) is 4.67. The van der Waals surface area contributed by atoms with E-state index in [-0.39, 0.29) is 12.5 Å². The summed E-state index contributed by atoms with van der Waals surface area (Å²) in [6.07, 6.45) is 0. The maximum Gasteiger partial charge on any atom is 0.264 e. The molecule has 5 nitrogen and oxygen atoms in total. The van der Waals surface area contributed by atoms with E-state index < -0.39 is 0 Å². The van der Waals surface area contributed by atoms with Crippen molar-refractivity contribution in [2.75, 3.05) is 11.9 Å². The molecule has 128 valence electrons. The highest BCUT2D eigenvalue weighted by atomic mass is 32.1. The molecule has 0 aliphatic heterocycles. The minimum absolute atomic E-state index is 0.0847. The fourth-order valence-electron chi connectivity index (χ4n) is 2.53. The van der Waals surface area contributed by atoms with Crippen molar-refractivity contribution in [1.29, 1.82) is 0 Å². The van der Waals surface area contributed by atoms with Crippen LogP contribution >= 0.6 is 11.3 Å². The van der Waals surface area contributed by atoms with Gasteiger partial charge in [-0.1, -0.05) is 72.0 Å². The van der Waals surface area contributed by atoms with Crippen LogP contribution in [0, 0.1) is 0 Å². The number of ether oxygens (including phenoxy) is 1. The number of carbonyl (C=O) groups excluding carboxylic acids is 1. The second-order valence-corrected chi connectivity index (χ2v) is 6.60. The summed E-state index contributed by atoms with van der Waals surface area (Å²) in [4.78, 5) is 12.1. The molecule has 0 spiro atoms. The number of nitrogens with one attached hydrogen (secondary N) is 1. The Bertz CT molecular complexity index is 1050. The molecule has 0 saturated heterocycles. The molecule has 0 atom stereocenters. The van der Waals surface area contributed by atoms with Gasteiger partial charge < -0.3 is 4.74 Å². The summed E-state index contributed by atoms with van der Waals surface area (Å²) in [5.41, 5.74) is 0.970. The Balaban J connectivity index is 1.37. The van der Waals surface area contributed by atoms with Crippen LogP contribution in [-0.4, -0.2) is 22.7 Å². The highest BCUT2D eigenvalue weighted by molar-refractivity contribution is 7.18. The molecule has 1 heterocycles. The van der Waals surface area contributed by atoms with Crippen molar-refractivity contribution in [3.63, 3.8) is 0 Å². The number of rotatable bonds is 5. The Morgan fingerprint density at radius 2 is 1.69 bits per heavy atom. The lowest BCUT2D eigenvalue weighted by molar-refractivity contribution is -0.118. The van der Waals surface area contributed by atoms with Crippen LogP contribution in [0.15, 0.2) is 72.8 Å². The zero-order chi connectivity index (χ0) is 17.8. The van der Waals surface area contributed by atoms with E-state index >= 15 is 0 Å². The van der Waals surface area contributed by atoms with Crippen molar-refractivity contribution in [3.05, 3.63) is 72.8 Å². The number of carbonyl (C=O) groups is 1. The molecule has 4 rings (SSSR count). The largest absolute Gasteiger partial charge is 0.484 e. The second kappa shape index (κ2) is 7.33. The number of hydrogen-bond acceptors (Lipinski definition) is 5. The number of amides is 1. The van der Waals surface area contributed by atoms with Gasteiger partial charge in [0.2, 0.25) is 5.13 Å². The van der Waals surface area contributed by atoms with E-state index in [0.717, 1.165) is 21.3 Å². The molecule has 1 N–H and O–H groups in total. The molecule has 1 amide bonds. The standard InChI is InChI=1S/C20H15N3O2S/c24-18(13-25-17-11-10-14-6-4-5-9-16(14)12-17)21-20-23-22-19(26-20)15-7-2-1-3-8-15/h1-12H,13H2,(H,21,23,24). The molecule has 26 heavy (non-hydrogen) atoms. The highest BCUT2D eigenvalue weighted by Gasteiger charge is 2.10. The first-order valence-electron chi connectivity index (χ1n) is 8.08. The van der Waals surface area contributed by atoms with Crippen molar-refractivity contribution >= 4 is 33.1 Å². The van der Waals surface area contributed by atoms with E-state index in [1.54, 1.807) is 0 Å². The number of aromatic nitrogens is 2. The van der Waals surface area contributed by atoms with Crippen molar-refractivity contribution in [2.45, 2.75) is 0 Å². The smallest absolute Gasteiger partial charge is 0.264 e. The average molecular weight is 361 g/mol. The van der Waals surface area contributed by atoms with Crippen LogP contribution in [0.25, 0.3) is 21.3 Å². The maximum absolute atomic E-state index is 12.1. The first kappa shape index (κ1) is 16.2. The third kappa shape index (κ3) is 3.70. The lowest BCUT2D eigenvalue weighted by atomic mass is 10.1. The molecule has 4 aromatic rings. The van der Waals surface area contributed by atoms with Gasteiger partial charge in [0.25, 0.3) is 5.91 Å². The van der Waals surface area contributed by atoms with Crippen LogP contribution < -0.4 is 10.1 Å². The number of fused-ring (bicyclic) bond motifs is 1. The van der Waals surface area contributed by atoms with Gasteiger partial charge in [0, 0.05) is 5.56 Å². The summed E-state index contributed by atoms with van der Waals surface area (Å²) < 4.78 is 5.58.